The Bertz CT molecular complexity index is 444. The number of carbonyl (C=O) groups excluding carboxylic acids is 1. The predicted octanol–water partition coefficient (Wildman–Crippen LogP) is 2.72. The zero-order chi connectivity index (χ0) is 12.1. The molecule has 84 valence electrons. The highest BCUT2D eigenvalue weighted by Gasteiger charge is 2.12. The van der Waals surface area contributed by atoms with Crippen LogP contribution in [-0.4, -0.2) is 12.4 Å². The second-order valence-corrected chi connectivity index (χ2v) is 3.46. The minimum atomic E-state index is -0.0886. The Morgan fingerprint density at radius 2 is 2.12 bits per heavy atom. The van der Waals surface area contributed by atoms with E-state index in [0.29, 0.717) is 23.5 Å². The van der Waals surface area contributed by atoms with Crippen molar-refractivity contribution in [3.8, 4) is 11.8 Å². The molecule has 0 atom stereocenters. The van der Waals surface area contributed by atoms with Crippen LogP contribution in [0.3, 0.4) is 0 Å². The van der Waals surface area contributed by atoms with Crippen LogP contribution in [-0.2, 0) is 6.42 Å². The summed E-state index contributed by atoms with van der Waals surface area (Å²) in [6.45, 7) is 5.91. The first-order valence-corrected chi connectivity index (χ1v) is 5.34. The van der Waals surface area contributed by atoms with Gasteiger partial charge in [-0.3, -0.25) is 4.79 Å². The molecule has 0 aliphatic carbocycles. The van der Waals surface area contributed by atoms with Crippen LogP contribution < -0.4 is 4.74 Å². The van der Waals surface area contributed by atoms with Crippen LogP contribution in [0.5, 0.6) is 5.75 Å². The zero-order valence-electron chi connectivity index (χ0n) is 9.83. The van der Waals surface area contributed by atoms with Gasteiger partial charge in [-0.15, -0.1) is 0 Å². The molecule has 0 unspecified atom stereocenters. The van der Waals surface area contributed by atoms with E-state index >= 15 is 0 Å². The fourth-order valence-corrected chi connectivity index (χ4v) is 1.57. The Hall–Kier alpha value is -1.82. The summed E-state index contributed by atoms with van der Waals surface area (Å²) < 4.78 is 5.44. The summed E-state index contributed by atoms with van der Waals surface area (Å²) in [5, 5.41) is 8.97. The molecule has 1 aromatic rings. The number of benzene rings is 1. The van der Waals surface area contributed by atoms with Gasteiger partial charge < -0.3 is 4.74 Å². The second-order valence-electron chi connectivity index (χ2n) is 3.46. The number of carbonyl (C=O) groups is 1. The third-order valence-corrected chi connectivity index (χ3v) is 2.38. The van der Waals surface area contributed by atoms with E-state index in [1.54, 1.807) is 12.1 Å². The van der Waals surface area contributed by atoms with Crippen LogP contribution in [0.15, 0.2) is 12.1 Å². The van der Waals surface area contributed by atoms with Gasteiger partial charge in [-0.2, -0.15) is 5.26 Å². The van der Waals surface area contributed by atoms with Crippen molar-refractivity contribution in [2.24, 2.45) is 0 Å². The smallest absolute Gasteiger partial charge is 0.161 e. The summed E-state index contributed by atoms with van der Waals surface area (Å²) in [5.41, 5.74) is 1.82. The molecule has 1 aromatic carbocycles. The van der Waals surface area contributed by atoms with Gasteiger partial charge in [0.25, 0.3) is 0 Å². The highest BCUT2D eigenvalue weighted by molar-refractivity contribution is 5.97. The Kier molecular flexibility index (Phi) is 4.07. The van der Waals surface area contributed by atoms with Gasteiger partial charge in [-0.05, 0) is 38.0 Å². The number of hydrogen-bond donors (Lipinski definition) is 0. The molecule has 0 amide bonds. The van der Waals surface area contributed by atoms with Crippen LogP contribution in [0.1, 0.15) is 42.3 Å². The lowest BCUT2D eigenvalue weighted by atomic mass is 9.99. The SMILES string of the molecule is CCOc1cc(C#N)c(C(C)=O)cc1CC. The molecule has 3 heteroatoms. The molecule has 3 nitrogen and oxygen atoms in total. The normalized spacial score (nSPS) is 9.62. The fraction of sp³-hybridized carbons (Fsp3) is 0.385. The Morgan fingerprint density at radius 3 is 2.56 bits per heavy atom. The quantitative estimate of drug-likeness (QED) is 0.728. The minimum Gasteiger partial charge on any atom is -0.494 e. The van der Waals surface area contributed by atoms with E-state index in [-0.39, 0.29) is 5.78 Å². The third-order valence-electron chi connectivity index (χ3n) is 2.38. The molecular weight excluding hydrogens is 202 g/mol. The molecule has 0 aliphatic heterocycles. The van der Waals surface area contributed by atoms with Crippen LogP contribution in [0.25, 0.3) is 0 Å². The first-order valence-electron chi connectivity index (χ1n) is 5.34. The third kappa shape index (κ3) is 2.40. The molecule has 0 N–H and O–H groups in total. The molecule has 0 heterocycles. The van der Waals surface area contributed by atoms with Gasteiger partial charge in [0.05, 0.1) is 12.2 Å². The molecule has 0 saturated heterocycles. The highest BCUT2D eigenvalue weighted by Crippen LogP contribution is 2.24. The molecular formula is C13H15NO2. The summed E-state index contributed by atoms with van der Waals surface area (Å²) in [6, 6.07) is 5.43. The van der Waals surface area contributed by atoms with E-state index in [1.165, 1.54) is 6.92 Å². The first-order chi connectivity index (χ1) is 7.63. The van der Waals surface area contributed by atoms with Gasteiger partial charge in [0.2, 0.25) is 0 Å². The van der Waals surface area contributed by atoms with Crippen molar-refractivity contribution in [3.05, 3.63) is 28.8 Å². The van der Waals surface area contributed by atoms with Crippen LogP contribution in [0.2, 0.25) is 0 Å². The maximum absolute atomic E-state index is 11.4. The van der Waals surface area contributed by atoms with Crippen LogP contribution in [0.4, 0.5) is 0 Å². The number of hydrogen-bond acceptors (Lipinski definition) is 3. The number of ketones is 1. The first kappa shape index (κ1) is 12.3. The summed E-state index contributed by atoms with van der Waals surface area (Å²) in [4.78, 5) is 11.4. The highest BCUT2D eigenvalue weighted by atomic mass is 16.5. The Morgan fingerprint density at radius 1 is 1.44 bits per heavy atom. The van der Waals surface area contributed by atoms with Crippen molar-refractivity contribution in [2.75, 3.05) is 6.61 Å². The van der Waals surface area contributed by atoms with Crippen molar-refractivity contribution in [1.29, 1.82) is 5.26 Å². The van der Waals surface area contributed by atoms with Gasteiger partial charge in [0.1, 0.15) is 11.8 Å². The van der Waals surface area contributed by atoms with E-state index < -0.39 is 0 Å². The molecule has 0 bridgehead atoms. The lowest BCUT2D eigenvalue weighted by molar-refractivity contribution is 0.101. The molecule has 0 aromatic heterocycles. The molecule has 0 radical (unpaired) electrons. The topological polar surface area (TPSA) is 50.1 Å². The largest absolute Gasteiger partial charge is 0.494 e. The second kappa shape index (κ2) is 5.32. The number of ether oxygens (including phenoxy) is 1. The number of Topliss-reactive ketones (excluding diaryl/α,β-unsaturated/α-hetero) is 1. The maximum atomic E-state index is 11.4. The number of nitriles is 1. The van der Waals surface area contributed by atoms with Crippen molar-refractivity contribution >= 4 is 5.78 Å². The van der Waals surface area contributed by atoms with Gasteiger partial charge in [0, 0.05) is 5.56 Å². The summed E-state index contributed by atoms with van der Waals surface area (Å²) in [5.74, 6) is 0.612. The fourth-order valence-electron chi connectivity index (χ4n) is 1.57. The molecule has 0 fully saturated rings. The minimum absolute atomic E-state index is 0.0886. The van der Waals surface area contributed by atoms with E-state index in [1.807, 2.05) is 19.9 Å². The van der Waals surface area contributed by atoms with Crippen molar-refractivity contribution in [2.45, 2.75) is 27.2 Å². The van der Waals surface area contributed by atoms with Crippen molar-refractivity contribution in [1.82, 2.24) is 0 Å². The van der Waals surface area contributed by atoms with Crippen molar-refractivity contribution < 1.29 is 9.53 Å². The standard InChI is InChI=1S/C13H15NO2/c1-4-10-6-12(9(3)15)11(8-14)7-13(10)16-5-2/h6-7H,4-5H2,1-3H3. The Balaban J connectivity index is 3.35. The average Bonchev–Trinajstić information content (AvgIpc) is 2.28. The molecule has 0 aliphatic rings. The van der Waals surface area contributed by atoms with Crippen LogP contribution in [0, 0.1) is 11.3 Å². The molecule has 0 spiro atoms. The van der Waals surface area contributed by atoms with E-state index in [4.69, 9.17) is 10.00 Å². The zero-order valence-corrected chi connectivity index (χ0v) is 9.83. The van der Waals surface area contributed by atoms with E-state index in [0.717, 1.165) is 12.0 Å². The van der Waals surface area contributed by atoms with Crippen LogP contribution >= 0.6 is 0 Å². The van der Waals surface area contributed by atoms with Gasteiger partial charge >= 0.3 is 0 Å². The molecule has 16 heavy (non-hydrogen) atoms. The predicted molar refractivity (Wildman–Crippen MR) is 61.7 cm³/mol. The Labute approximate surface area is 95.7 Å². The van der Waals surface area contributed by atoms with Gasteiger partial charge in [-0.25, -0.2) is 0 Å². The summed E-state index contributed by atoms with van der Waals surface area (Å²) >= 11 is 0. The van der Waals surface area contributed by atoms with Gasteiger partial charge in [-0.1, -0.05) is 6.92 Å². The van der Waals surface area contributed by atoms with Crippen molar-refractivity contribution in [3.63, 3.8) is 0 Å². The maximum Gasteiger partial charge on any atom is 0.161 e. The molecule has 1 rings (SSSR count). The monoisotopic (exact) mass is 217 g/mol. The summed E-state index contributed by atoms with van der Waals surface area (Å²) in [6.07, 6.45) is 0.779. The lowest BCUT2D eigenvalue weighted by Crippen LogP contribution is -2.02. The number of aryl methyl sites for hydroxylation is 1. The van der Waals surface area contributed by atoms with E-state index in [9.17, 15) is 4.79 Å². The molecule has 0 saturated carbocycles. The summed E-state index contributed by atoms with van der Waals surface area (Å²) in [7, 11) is 0. The number of nitrogens with zero attached hydrogens (tertiary/aromatic N) is 1. The van der Waals surface area contributed by atoms with Gasteiger partial charge in [0.15, 0.2) is 5.78 Å². The van der Waals surface area contributed by atoms with E-state index in [2.05, 4.69) is 0 Å². The number of rotatable bonds is 4. The average molecular weight is 217 g/mol. The lowest BCUT2D eigenvalue weighted by Gasteiger charge is -2.11.